The molecule has 0 saturated carbocycles. The Morgan fingerprint density at radius 1 is 0.552 bits per heavy atom. The topological polar surface area (TPSA) is 170 Å². The molecule has 4 N–H and O–H groups in total. The van der Waals surface area contributed by atoms with E-state index in [1.165, 1.54) is 0 Å². The van der Waals surface area contributed by atoms with E-state index in [4.69, 9.17) is 29.2 Å². The van der Waals surface area contributed by atoms with E-state index in [-0.39, 0.29) is 85.2 Å². The molecule has 0 aliphatic heterocycles. The number of carbonyl (C=O) groups is 4. The van der Waals surface area contributed by atoms with Gasteiger partial charge in [0.15, 0.2) is 0 Å². The second-order valence-corrected chi connectivity index (χ2v) is 5.61. The molecule has 0 heterocycles. The van der Waals surface area contributed by atoms with Crippen LogP contribution in [0.25, 0.3) is 0 Å². The van der Waals surface area contributed by atoms with Crippen LogP contribution in [0.4, 0.5) is 0 Å². The Kier molecular flexibility index (Phi) is 17.6. The average Bonchev–Trinajstić information content (AvgIpc) is 2.64. The molecule has 0 aromatic heterocycles. The van der Waals surface area contributed by atoms with Gasteiger partial charge in [-0.2, -0.15) is 0 Å². The Morgan fingerprint density at radius 2 is 0.897 bits per heavy atom. The van der Waals surface area contributed by atoms with Crippen molar-refractivity contribution in [1.29, 1.82) is 0 Å². The van der Waals surface area contributed by atoms with Crippen molar-refractivity contribution in [3.63, 3.8) is 0 Å². The van der Waals surface area contributed by atoms with Gasteiger partial charge >= 0.3 is 11.9 Å². The molecule has 0 spiro atoms. The molecule has 0 radical (unpaired) electrons. The molecule has 168 valence electrons. The maximum atomic E-state index is 11.6. The lowest BCUT2D eigenvalue weighted by molar-refractivity contribution is -0.139. The second-order valence-electron chi connectivity index (χ2n) is 5.61. The fraction of sp³-hybridized carbons (Fsp3) is 0.765. The Balaban J connectivity index is 3.38. The van der Waals surface area contributed by atoms with Crippen molar-refractivity contribution >= 4 is 23.8 Å². The minimum absolute atomic E-state index is 0.0622. The summed E-state index contributed by atoms with van der Waals surface area (Å²) < 4.78 is 20.4. The predicted molar refractivity (Wildman–Crippen MR) is 98.4 cm³/mol. The summed E-state index contributed by atoms with van der Waals surface area (Å²) in [6.07, 6.45) is -0.433. The van der Waals surface area contributed by atoms with Crippen LogP contribution in [-0.4, -0.2) is 99.9 Å². The first-order valence-corrected chi connectivity index (χ1v) is 9.19. The average molecular weight is 422 g/mol. The molecule has 0 aliphatic carbocycles. The maximum absolute atomic E-state index is 11.6. The zero-order chi connectivity index (χ0) is 21.7. The van der Waals surface area contributed by atoms with Crippen LogP contribution in [0.3, 0.4) is 0 Å². The summed E-state index contributed by atoms with van der Waals surface area (Å²) in [5.74, 6) is -2.72. The monoisotopic (exact) mass is 422 g/mol. The molecule has 12 heteroatoms. The number of aliphatic carboxylic acids is 2. The number of carboxylic acid groups (broad SMARTS) is 2. The minimum Gasteiger partial charge on any atom is -0.481 e. The quantitative estimate of drug-likeness (QED) is 0.135. The normalized spacial score (nSPS) is 10.5. The highest BCUT2D eigenvalue weighted by Crippen LogP contribution is 1.86. The summed E-state index contributed by atoms with van der Waals surface area (Å²) in [7, 11) is 0. The van der Waals surface area contributed by atoms with E-state index in [2.05, 4.69) is 10.6 Å². The number of hydrogen-bond donors (Lipinski definition) is 4. The van der Waals surface area contributed by atoms with Gasteiger partial charge in [0.05, 0.1) is 65.7 Å². The van der Waals surface area contributed by atoms with E-state index >= 15 is 0 Å². The molecule has 0 bridgehead atoms. The Morgan fingerprint density at radius 3 is 1.24 bits per heavy atom. The Bertz CT molecular complexity index is 445. The summed E-state index contributed by atoms with van der Waals surface area (Å²) >= 11 is 0. The number of nitrogens with one attached hydrogen (secondary N) is 2. The van der Waals surface area contributed by atoms with Gasteiger partial charge < -0.3 is 39.8 Å². The van der Waals surface area contributed by atoms with E-state index in [9.17, 15) is 19.2 Å². The smallest absolute Gasteiger partial charge is 0.305 e. The van der Waals surface area contributed by atoms with Crippen molar-refractivity contribution in [3.8, 4) is 0 Å². The van der Waals surface area contributed by atoms with Crippen molar-refractivity contribution in [2.75, 3.05) is 65.9 Å². The number of rotatable bonds is 20. The van der Waals surface area contributed by atoms with Gasteiger partial charge in [-0.3, -0.25) is 19.2 Å². The highest BCUT2D eigenvalue weighted by atomic mass is 16.5. The molecule has 29 heavy (non-hydrogen) atoms. The maximum Gasteiger partial charge on any atom is 0.305 e. The molecule has 0 aromatic carbocycles. The number of hydrogen-bond acceptors (Lipinski definition) is 8. The fourth-order valence-corrected chi connectivity index (χ4v) is 1.76. The summed E-state index contributed by atoms with van der Waals surface area (Å²) in [5.41, 5.74) is 0. The van der Waals surface area contributed by atoms with Crippen molar-refractivity contribution in [3.05, 3.63) is 0 Å². The van der Waals surface area contributed by atoms with Gasteiger partial charge in [0.2, 0.25) is 11.8 Å². The first-order chi connectivity index (χ1) is 13.9. The van der Waals surface area contributed by atoms with Crippen LogP contribution >= 0.6 is 0 Å². The third-order valence-corrected chi connectivity index (χ3v) is 3.12. The largest absolute Gasteiger partial charge is 0.481 e. The van der Waals surface area contributed by atoms with Gasteiger partial charge in [-0.1, -0.05) is 0 Å². The molecular formula is C17H30N2O10. The van der Waals surface area contributed by atoms with Gasteiger partial charge in [-0.25, -0.2) is 0 Å². The van der Waals surface area contributed by atoms with Crippen molar-refractivity contribution in [2.45, 2.75) is 19.3 Å². The van der Waals surface area contributed by atoms with E-state index in [0.717, 1.165) is 0 Å². The van der Waals surface area contributed by atoms with Gasteiger partial charge in [0, 0.05) is 13.1 Å². The SMILES string of the molecule is O=C(O)CCOCCOCCNC(=O)CC(=O)NCCOCCOCCC(=O)O. The molecule has 0 rings (SSSR count). The first-order valence-electron chi connectivity index (χ1n) is 9.19. The highest BCUT2D eigenvalue weighted by molar-refractivity contribution is 5.96. The van der Waals surface area contributed by atoms with E-state index in [1.54, 1.807) is 0 Å². The van der Waals surface area contributed by atoms with Crippen LogP contribution in [0.2, 0.25) is 0 Å². The van der Waals surface area contributed by atoms with E-state index < -0.39 is 23.8 Å². The van der Waals surface area contributed by atoms with Crippen LogP contribution in [0.1, 0.15) is 19.3 Å². The molecule has 0 saturated heterocycles. The molecule has 12 nitrogen and oxygen atoms in total. The van der Waals surface area contributed by atoms with Gasteiger partial charge in [-0.05, 0) is 0 Å². The standard InChI is InChI=1S/C17H30N2O10/c20-14(18-3-7-28-11-9-26-5-1-16(22)23)13-15(21)19-4-8-29-12-10-27-6-2-17(24)25/h1-13H2,(H,18,20)(H,19,21)(H,22,23)(H,24,25). The van der Waals surface area contributed by atoms with Crippen LogP contribution in [0, 0.1) is 0 Å². The molecule has 0 fully saturated rings. The third-order valence-electron chi connectivity index (χ3n) is 3.12. The second kappa shape index (κ2) is 19.1. The van der Waals surface area contributed by atoms with E-state index in [1.807, 2.05) is 0 Å². The molecule has 0 atom stereocenters. The zero-order valence-electron chi connectivity index (χ0n) is 16.4. The number of carbonyl (C=O) groups excluding carboxylic acids is 2. The molecule has 0 unspecified atom stereocenters. The first kappa shape index (κ1) is 26.7. The van der Waals surface area contributed by atoms with Crippen molar-refractivity contribution in [1.82, 2.24) is 10.6 Å². The van der Waals surface area contributed by atoms with Gasteiger partial charge in [0.1, 0.15) is 6.42 Å². The highest BCUT2D eigenvalue weighted by Gasteiger charge is 2.08. The van der Waals surface area contributed by atoms with Crippen LogP contribution in [-0.2, 0) is 38.1 Å². The third kappa shape index (κ3) is 21.9. The Hall–Kier alpha value is -2.28. The number of amides is 2. The van der Waals surface area contributed by atoms with Crippen molar-refractivity contribution < 1.29 is 48.3 Å². The van der Waals surface area contributed by atoms with Gasteiger partial charge in [0.25, 0.3) is 0 Å². The van der Waals surface area contributed by atoms with Crippen molar-refractivity contribution in [2.24, 2.45) is 0 Å². The van der Waals surface area contributed by atoms with Crippen LogP contribution < -0.4 is 10.6 Å². The van der Waals surface area contributed by atoms with Crippen LogP contribution in [0.5, 0.6) is 0 Å². The molecule has 0 aliphatic rings. The number of ether oxygens (including phenoxy) is 4. The lowest BCUT2D eigenvalue weighted by Crippen LogP contribution is -2.35. The summed E-state index contributed by atoms with van der Waals surface area (Å²) in [4.78, 5) is 43.7. The summed E-state index contributed by atoms with van der Waals surface area (Å²) in [6.45, 7) is 2.31. The molecular weight excluding hydrogens is 392 g/mol. The summed E-state index contributed by atoms with van der Waals surface area (Å²) in [6, 6.07) is 0. The molecule has 2 amide bonds. The summed E-state index contributed by atoms with van der Waals surface area (Å²) in [5, 5.41) is 21.9. The van der Waals surface area contributed by atoms with Crippen LogP contribution in [0.15, 0.2) is 0 Å². The zero-order valence-corrected chi connectivity index (χ0v) is 16.4. The number of carboxylic acids is 2. The molecule has 0 aromatic rings. The minimum atomic E-state index is -0.926. The lowest BCUT2D eigenvalue weighted by atomic mass is 10.3. The Labute approximate surface area is 168 Å². The lowest BCUT2D eigenvalue weighted by Gasteiger charge is -2.08. The fourth-order valence-electron chi connectivity index (χ4n) is 1.76. The van der Waals surface area contributed by atoms with E-state index in [0.29, 0.717) is 0 Å². The predicted octanol–water partition coefficient (Wildman–Crippen LogP) is -1.38. The van der Waals surface area contributed by atoms with Gasteiger partial charge in [-0.15, -0.1) is 0 Å².